The summed E-state index contributed by atoms with van der Waals surface area (Å²) in [6.45, 7) is 4.23. The minimum Gasteiger partial charge on any atom is -0.481 e. The molecule has 1 aliphatic heterocycles. The van der Waals surface area contributed by atoms with Gasteiger partial charge in [-0.05, 0) is 38.1 Å². The standard InChI is InChI=1S/C21H37N7O7/c1-3-11(2)16(20(34)35)28-18(32)13(7-5-9-25-21(22)23)26-19(33)14(10-15(29)30)27-17(31)12-6-4-8-24-12/h11-14,16,24H,3-10H2,1-2H3,(H,26,33)(H,27,31)(H,28,32)(H,29,30)(H,34,35)(H4,22,23,25). The van der Waals surface area contributed by atoms with Crippen LogP contribution < -0.4 is 32.7 Å². The molecule has 35 heavy (non-hydrogen) atoms. The van der Waals surface area contributed by atoms with Crippen molar-refractivity contribution in [2.45, 2.75) is 76.5 Å². The third-order valence-electron chi connectivity index (χ3n) is 5.74. The second kappa shape index (κ2) is 14.8. The average Bonchev–Trinajstić information content (AvgIpc) is 3.32. The summed E-state index contributed by atoms with van der Waals surface area (Å²) < 4.78 is 0. The predicted octanol–water partition coefficient (Wildman–Crippen LogP) is -2.15. The average molecular weight is 500 g/mol. The largest absolute Gasteiger partial charge is 0.481 e. The van der Waals surface area contributed by atoms with E-state index >= 15 is 0 Å². The molecule has 3 amide bonds. The molecule has 10 N–H and O–H groups in total. The third kappa shape index (κ3) is 10.6. The molecule has 0 radical (unpaired) electrons. The molecule has 14 heteroatoms. The van der Waals surface area contributed by atoms with E-state index in [0.717, 1.165) is 6.42 Å². The Kier molecular flexibility index (Phi) is 12.5. The number of amides is 3. The van der Waals surface area contributed by atoms with Crippen LogP contribution in [0.2, 0.25) is 0 Å². The van der Waals surface area contributed by atoms with Crippen molar-refractivity contribution in [3.63, 3.8) is 0 Å². The molecule has 5 unspecified atom stereocenters. The smallest absolute Gasteiger partial charge is 0.326 e. The van der Waals surface area contributed by atoms with Crippen LogP contribution in [-0.2, 0) is 24.0 Å². The van der Waals surface area contributed by atoms with Gasteiger partial charge in [0.25, 0.3) is 0 Å². The Morgan fingerprint density at radius 2 is 1.71 bits per heavy atom. The molecule has 0 aliphatic carbocycles. The Hall–Kier alpha value is -3.42. The fraction of sp³-hybridized carbons (Fsp3) is 0.714. The molecule has 0 aromatic rings. The van der Waals surface area contributed by atoms with E-state index in [1.165, 1.54) is 0 Å². The summed E-state index contributed by atoms with van der Waals surface area (Å²) in [6.07, 6.45) is 1.42. The van der Waals surface area contributed by atoms with Crippen molar-refractivity contribution in [2.75, 3.05) is 13.1 Å². The van der Waals surface area contributed by atoms with Gasteiger partial charge >= 0.3 is 11.9 Å². The molecule has 14 nitrogen and oxygen atoms in total. The third-order valence-corrected chi connectivity index (χ3v) is 5.74. The van der Waals surface area contributed by atoms with E-state index in [1.54, 1.807) is 13.8 Å². The van der Waals surface area contributed by atoms with Gasteiger partial charge in [0.05, 0.1) is 12.5 Å². The van der Waals surface area contributed by atoms with E-state index in [2.05, 4.69) is 26.3 Å². The highest BCUT2D eigenvalue weighted by molar-refractivity contribution is 5.95. The molecular weight excluding hydrogens is 462 g/mol. The molecular formula is C21H37N7O7. The first kappa shape index (κ1) is 29.6. The maximum Gasteiger partial charge on any atom is 0.326 e. The Labute approximate surface area is 203 Å². The molecule has 5 atom stereocenters. The number of nitrogens with zero attached hydrogens (tertiary/aromatic N) is 1. The molecule has 1 aliphatic rings. The van der Waals surface area contributed by atoms with Crippen molar-refractivity contribution >= 4 is 35.6 Å². The van der Waals surface area contributed by atoms with E-state index in [4.69, 9.17) is 11.5 Å². The van der Waals surface area contributed by atoms with Gasteiger partial charge in [0.15, 0.2) is 5.96 Å². The van der Waals surface area contributed by atoms with Crippen molar-refractivity contribution in [1.82, 2.24) is 21.3 Å². The topological polar surface area (TPSA) is 238 Å². The normalized spacial score (nSPS) is 18.4. The van der Waals surface area contributed by atoms with Crippen molar-refractivity contribution in [1.29, 1.82) is 0 Å². The second-order valence-corrected chi connectivity index (χ2v) is 8.53. The summed E-state index contributed by atoms with van der Waals surface area (Å²) in [4.78, 5) is 65.0. The number of carboxylic acids is 2. The summed E-state index contributed by atoms with van der Waals surface area (Å²) >= 11 is 0. The number of carbonyl (C=O) groups is 5. The van der Waals surface area contributed by atoms with Crippen LogP contribution in [0.25, 0.3) is 0 Å². The first-order valence-corrected chi connectivity index (χ1v) is 11.6. The number of aliphatic carboxylic acids is 2. The van der Waals surface area contributed by atoms with Gasteiger partial charge in [-0.3, -0.25) is 24.2 Å². The van der Waals surface area contributed by atoms with Crippen LogP contribution in [0.15, 0.2) is 4.99 Å². The minimum atomic E-state index is -1.43. The van der Waals surface area contributed by atoms with Crippen molar-refractivity contribution in [2.24, 2.45) is 22.4 Å². The van der Waals surface area contributed by atoms with Crippen LogP contribution >= 0.6 is 0 Å². The van der Waals surface area contributed by atoms with Crippen LogP contribution in [-0.4, -0.2) is 83.1 Å². The number of nitrogens with one attached hydrogen (secondary N) is 4. The van der Waals surface area contributed by atoms with Gasteiger partial charge in [-0.15, -0.1) is 0 Å². The molecule has 0 spiro atoms. The molecule has 1 fully saturated rings. The minimum absolute atomic E-state index is 0.0408. The number of hydrogen-bond acceptors (Lipinski definition) is 7. The van der Waals surface area contributed by atoms with Crippen LogP contribution in [0.4, 0.5) is 0 Å². The number of carbonyl (C=O) groups excluding carboxylic acids is 3. The lowest BCUT2D eigenvalue weighted by Gasteiger charge is -2.26. The van der Waals surface area contributed by atoms with Crippen LogP contribution in [0.3, 0.4) is 0 Å². The van der Waals surface area contributed by atoms with Gasteiger partial charge in [0, 0.05) is 6.54 Å². The highest BCUT2D eigenvalue weighted by Gasteiger charge is 2.33. The summed E-state index contributed by atoms with van der Waals surface area (Å²) in [6, 6.07) is -4.36. The lowest BCUT2D eigenvalue weighted by Crippen LogP contribution is -2.58. The van der Waals surface area contributed by atoms with E-state index in [-0.39, 0.29) is 31.3 Å². The zero-order chi connectivity index (χ0) is 26.5. The van der Waals surface area contributed by atoms with Crippen molar-refractivity contribution in [3.05, 3.63) is 0 Å². The Morgan fingerprint density at radius 1 is 1.06 bits per heavy atom. The molecule has 1 heterocycles. The highest BCUT2D eigenvalue weighted by atomic mass is 16.4. The molecule has 0 saturated carbocycles. The van der Waals surface area contributed by atoms with Gasteiger partial charge in [0.1, 0.15) is 18.1 Å². The predicted molar refractivity (Wildman–Crippen MR) is 126 cm³/mol. The maximum absolute atomic E-state index is 12.9. The number of guanidine groups is 1. The number of aliphatic imine (C=N–C) groups is 1. The van der Waals surface area contributed by atoms with E-state index in [0.29, 0.717) is 19.4 Å². The first-order chi connectivity index (χ1) is 16.5. The number of rotatable bonds is 15. The number of hydrogen-bond donors (Lipinski definition) is 8. The Bertz CT molecular complexity index is 795. The fourth-order valence-corrected chi connectivity index (χ4v) is 3.55. The van der Waals surface area contributed by atoms with E-state index < -0.39 is 60.2 Å². The number of nitrogens with two attached hydrogens (primary N) is 2. The second-order valence-electron chi connectivity index (χ2n) is 8.53. The molecule has 0 bridgehead atoms. The Morgan fingerprint density at radius 3 is 2.23 bits per heavy atom. The zero-order valence-corrected chi connectivity index (χ0v) is 20.1. The van der Waals surface area contributed by atoms with Crippen LogP contribution in [0.5, 0.6) is 0 Å². The molecule has 198 valence electrons. The molecule has 0 aromatic carbocycles. The van der Waals surface area contributed by atoms with Crippen LogP contribution in [0, 0.1) is 5.92 Å². The quantitative estimate of drug-likeness (QED) is 0.0690. The molecule has 1 saturated heterocycles. The van der Waals surface area contributed by atoms with Crippen molar-refractivity contribution in [3.8, 4) is 0 Å². The number of carboxylic acid groups (broad SMARTS) is 2. The van der Waals surface area contributed by atoms with Gasteiger partial charge < -0.3 is 42.9 Å². The van der Waals surface area contributed by atoms with Gasteiger partial charge in [-0.25, -0.2) is 4.79 Å². The molecule has 0 aromatic heterocycles. The molecule has 1 rings (SSSR count). The monoisotopic (exact) mass is 499 g/mol. The lowest BCUT2D eigenvalue weighted by molar-refractivity contribution is -0.144. The Balaban J connectivity index is 3.00. The summed E-state index contributed by atoms with van der Waals surface area (Å²) in [7, 11) is 0. The fourth-order valence-electron chi connectivity index (χ4n) is 3.55. The summed E-state index contributed by atoms with van der Waals surface area (Å²) in [5, 5.41) is 29.0. The van der Waals surface area contributed by atoms with Gasteiger partial charge in [0.2, 0.25) is 17.7 Å². The first-order valence-electron chi connectivity index (χ1n) is 11.6. The van der Waals surface area contributed by atoms with Crippen molar-refractivity contribution < 1.29 is 34.2 Å². The SMILES string of the molecule is CCC(C)C(NC(=O)C(CCCN=C(N)N)NC(=O)C(CC(=O)O)NC(=O)C1CCCN1)C(=O)O. The van der Waals surface area contributed by atoms with Gasteiger partial charge in [-0.1, -0.05) is 20.3 Å². The zero-order valence-electron chi connectivity index (χ0n) is 20.1. The lowest BCUT2D eigenvalue weighted by atomic mass is 9.98. The van der Waals surface area contributed by atoms with E-state index in [1.807, 2.05) is 0 Å². The van der Waals surface area contributed by atoms with E-state index in [9.17, 15) is 34.2 Å². The highest BCUT2D eigenvalue weighted by Crippen LogP contribution is 2.10. The summed E-state index contributed by atoms with van der Waals surface area (Å²) in [5.41, 5.74) is 10.6. The van der Waals surface area contributed by atoms with Gasteiger partial charge in [-0.2, -0.15) is 0 Å². The summed E-state index contributed by atoms with van der Waals surface area (Å²) in [5.74, 6) is -5.22. The van der Waals surface area contributed by atoms with Crippen LogP contribution in [0.1, 0.15) is 52.4 Å². The maximum atomic E-state index is 12.9.